The van der Waals surface area contributed by atoms with E-state index in [9.17, 15) is 9.50 Å². The Morgan fingerprint density at radius 1 is 1.30 bits per heavy atom. The molecule has 2 atom stereocenters. The molecule has 0 radical (unpaired) electrons. The lowest BCUT2D eigenvalue weighted by atomic mass is 9.90. The maximum atomic E-state index is 13.9. The van der Waals surface area contributed by atoms with E-state index in [1.54, 1.807) is 18.4 Å². The second-order valence-electron chi connectivity index (χ2n) is 4.66. The van der Waals surface area contributed by atoms with Gasteiger partial charge in [-0.2, -0.15) is 0 Å². The molecular formula is C15H17ClFNO2. The van der Waals surface area contributed by atoms with Crippen LogP contribution in [-0.2, 0) is 6.42 Å². The number of aryl methyl sites for hydroxylation is 1. The van der Waals surface area contributed by atoms with Crippen molar-refractivity contribution in [2.24, 2.45) is 5.73 Å². The molecule has 0 aliphatic carbocycles. The Bertz CT molecular complexity index is 525. The quantitative estimate of drug-likeness (QED) is 0.861. The Balaban J connectivity index is 2.11. The van der Waals surface area contributed by atoms with Crippen molar-refractivity contribution >= 4 is 11.6 Å². The first kappa shape index (κ1) is 15.0. The summed E-state index contributed by atoms with van der Waals surface area (Å²) in [4.78, 5) is 0. The number of nitrogens with two attached hydrogens (primary N) is 1. The van der Waals surface area contributed by atoms with Gasteiger partial charge in [0.15, 0.2) is 0 Å². The predicted molar refractivity (Wildman–Crippen MR) is 76.2 cm³/mol. The highest BCUT2D eigenvalue weighted by atomic mass is 35.5. The molecule has 1 aromatic carbocycles. The van der Waals surface area contributed by atoms with Gasteiger partial charge in [0.1, 0.15) is 11.6 Å². The minimum atomic E-state index is -0.778. The van der Waals surface area contributed by atoms with Gasteiger partial charge in [-0.05, 0) is 30.7 Å². The van der Waals surface area contributed by atoms with Crippen LogP contribution in [0.25, 0.3) is 0 Å². The summed E-state index contributed by atoms with van der Waals surface area (Å²) in [6.45, 7) is 0.125. The Labute approximate surface area is 122 Å². The molecule has 2 unspecified atom stereocenters. The maximum Gasteiger partial charge on any atom is 0.128 e. The molecule has 0 aliphatic heterocycles. The molecule has 0 saturated heterocycles. The molecule has 0 spiro atoms. The van der Waals surface area contributed by atoms with Crippen LogP contribution in [0, 0.1) is 5.82 Å². The van der Waals surface area contributed by atoms with Gasteiger partial charge >= 0.3 is 0 Å². The average Bonchev–Trinajstić information content (AvgIpc) is 2.93. The molecule has 20 heavy (non-hydrogen) atoms. The van der Waals surface area contributed by atoms with Crippen LogP contribution in [0.1, 0.15) is 23.7 Å². The third-order valence-electron chi connectivity index (χ3n) is 3.36. The van der Waals surface area contributed by atoms with Crippen LogP contribution in [0.15, 0.2) is 41.0 Å². The topological polar surface area (TPSA) is 59.4 Å². The van der Waals surface area contributed by atoms with Crippen molar-refractivity contribution in [1.82, 2.24) is 0 Å². The number of rotatable bonds is 6. The smallest absolute Gasteiger partial charge is 0.128 e. The van der Waals surface area contributed by atoms with Gasteiger partial charge < -0.3 is 15.3 Å². The van der Waals surface area contributed by atoms with Crippen molar-refractivity contribution in [2.45, 2.75) is 24.9 Å². The first-order chi connectivity index (χ1) is 9.63. The number of aliphatic hydroxyl groups is 1. The summed E-state index contributed by atoms with van der Waals surface area (Å²) in [5, 5.41) is 10.6. The first-order valence-electron chi connectivity index (χ1n) is 6.48. The van der Waals surface area contributed by atoms with Crippen LogP contribution in [0.5, 0.6) is 0 Å². The number of halogens is 2. The van der Waals surface area contributed by atoms with E-state index in [0.29, 0.717) is 12.8 Å². The van der Waals surface area contributed by atoms with E-state index in [-0.39, 0.29) is 17.1 Å². The van der Waals surface area contributed by atoms with E-state index >= 15 is 0 Å². The van der Waals surface area contributed by atoms with Gasteiger partial charge in [0.05, 0.1) is 12.4 Å². The van der Waals surface area contributed by atoms with Gasteiger partial charge in [-0.25, -0.2) is 4.39 Å². The molecule has 2 rings (SSSR count). The summed E-state index contributed by atoms with van der Waals surface area (Å²) in [5.74, 6) is -0.192. The lowest BCUT2D eigenvalue weighted by Crippen LogP contribution is -2.27. The second-order valence-corrected chi connectivity index (χ2v) is 5.07. The molecule has 1 aromatic heterocycles. The van der Waals surface area contributed by atoms with E-state index < -0.39 is 17.8 Å². The molecule has 0 bridgehead atoms. The molecule has 3 nitrogen and oxygen atoms in total. The largest absolute Gasteiger partial charge is 0.469 e. The first-order valence-corrected chi connectivity index (χ1v) is 6.85. The third-order valence-corrected chi connectivity index (χ3v) is 3.69. The van der Waals surface area contributed by atoms with Crippen molar-refractivity contribution in [1.29, 1.82) is 0 Å². The zero-order valence-corrected chi connectivity index (χ0v) is 11.7. The number of benzene rings is 1. The standard InChI is InChI=1S/C15H17ClFNO2/c16-12-4-1-5-13(17)15(12)11(9-18)14(19)7-6-10-3-2-8-20-10/h1-5,8,11,14,19H,6-7,9,18H2. The number of furan rings is 1. The highest BCUT2D eigenvalue weighted by molar-refractivity contribution is 6.31. The van der Waals surface area contributed by atoms with Gasteiger partial charge in [0.25, 0.3) is 0 Å². The molecule has 2 aromatic rings. The van der Waals surface area contributed by atoms with Gasteiger partial charge in [-0.1, -0.05) is 17.7 Å². The van der Waals surface area contributed by atoms with Gasteiger partial charge in [0, 0.05) is 29.5 Å². The van der Waals surface area contributed by atoms with E-state index in [2.05, 4.69) is 0 Å². The Morgan fingerprint density at radius 3 is 2.70 bits per heavy atom. The normalized spacial score (nSPS) is 14.2. The van der Waals surface area contributed by atoms with Crippen LogP contribution in [0.2, 0.25) is 5.02 Å². The summed E-state index contributed by atoms with van der Waals surface area (Å²) in [5.41, 5.74) is 5.96. The van der Waals surface area contributed by atoms with Crippen molar-refractivity contribution < 1.29 is 13.9 Å². The van der Waals surface area contributed by atoms with Crippen LogP contribution in [0.4, 0.5) is 4.39 Å². The van der Waals surface area contributed by atoms with Crippen molar-refractivity contribution in [3.63, 3.8) is 0 Å². The van der Waals surface area contributed by atoms with Crippen LogP contribution in [0.3, 0.4) is 0 Å². The van der Waals surface area contributed by atoms with Crippen LogP contribution in [-0.4, -0.2) is 17.8 Å². The minimum Gasteiger partial charge on any atom is -0.469 e. The minimum absolute atomic E-state index is 0.125. The number of hydrogen-bond acceptors (Lipinski definition) is 3. The molecule has 5 heteroatoms. The summed E-state index contributed by atoms with van der Waals surface area (Å²) in [6, 6.07) is 8.07. The van der Waals surface area contributed by atoms with E-state index in [1.165, 1.54) is 12.1 Å². The van der Waals surface area contributed by atoms with Crippen molar-refractivity contribution in [3.05, 3.63) is 58.8 Å². The zero-order chi connectivity index (χ0) is 14.5. The summed E-state index contributed by atoms with van der Waals surface area (Å²) in [6.07, 6.45) is 1.80. The zero-order valence-electron chi connectivity index (χ0n) is 10.9. The molecular weight excluding hydrogens is 281 g/mol. The van der Waals surface area contributed by atoms with E-state index in [4.69, 9.17) is 21.8 Å². The highest BCUT2D eigenvalue weighted by Gasteiger charge is 2.25. The van der Waals surface area contributed by atoms with Crippen LogP contribution >= 0.6 is 11.6 Å². The Morgan fingerprint density at radius 2 is 2.10 bits per heavy atom. The SMILES string of the molecule is NCC(c1c(F)cccc1Cl)C(O)CCc1ccco1. The summed E-state index contributed by atoms with van der Waals surface area (Å²) < 4.78 is 19.1. The molecule has 0 fully saturated rings. The summed E-state index contributed by atoms with van der Waals surface area (Å²) in [7, 11) is 0. The van der Waals surface area contributed by atoms with Crippen molar-refractivity contribution in [3.8, 4) is 0 Å². The lowest BCUT2D eigenvalue weighted by molar-refractivity contribution is 0.132. The molecule has 3 N–H and O–H groups in total. The molecule has 0 saturated carbocycles. The summed E-state index contributed by atoms with van der Waals surface area (Å²) >= 11 is 6.02. The Hall–Kier alpha value is -1.36. The number of aliphatic hydroxyl groups excluding tert-OH is 1. The third kappa shape index (κ3) is 3.39. The van der Waals surface area contributed by atoms with Gasteiger partial charge in [0.2, 0.25) is 0 Å². The van der Waals surface area contributed by atoms with E-state index in [0.717, 1.165) is 5.76 Å². The highest BCUT2D eigenvalue weighted by Crippen LogP contribution is 2.30. The molecule has 108 valence electrons. The van der Waals surface area contributed by atoms with Crippen LogP contribution < -0.4 is 5.73 Å². The fourth-order valence-corrected chi connectivity index (χ4v) is 2.58. The Kier molecular flexibility index (Phi) is 5.17. The van der Waals surface area contributed by atoms with Gasteiger partial charge in [-0.15, -0.1) is 0 Å². The fraction of sp³-hybridized carbons (Fsp3) is 0.333. The maximum absolute atomic E-state index is 13.9. The number of hydrogen-bond donors (Lipinski definition) is 2. The van der Waals surface area contributed by atoms with E-state index in [1.807, 2.05) is 6.07 Å². The monoisotopic (exact) mass is 297 g/mol. The fourth-order valence-electron chi connectivity index (χ4n) is 2.28. The molecule has 1 heterocycles. The second kappa shape index (κ2) is 6.88. The lowest BCUT2D eigenvalue weighted by Gasteiger charge is -2.23. The predicted octanol–water partition coefficient (Wildman–Crippen LogP) is 3.11. The van der Waals surface area contributed by atoms with Gasteiger partial charge in [-0.3, -0.25) is 0 Å². The van der Waals surface area contributed by atoms with Crippen molar-refractivity contribution in [2.75, 3.05) is 6.54 Å². The molecule has 0 aliphatic rings. The average molecular weight is 298 g/mol. The molecule has 0 amide bonds.